The molecule has 4 aliphatic rings. The maximum atomic E-state index is 5.75. The quantitative estimate of drug-likeness (QED) is 0.597. The summed E-state index contributed by atoms with van der Waals surface area (Å²) in [6.07, 6.45) is 10.8. The summed E-state index contributed by atoms with van der Waals surface area (Å²) in [4.78, 5) is 0. The van der Waals surface area contributed by atoms with Crippen molar-refractivity contribution < 1.29 is 9.47 Å². The first-order valence-corrected chi connectivity index (χ1v) is 6.23. The fraction of sp³-hybridized carbons (Fsp3) is 1.00. The molecule has 2 saturated carbocycles. The van der Waals surface area contributed by atoms with Crippen LogP contribution in [0.1, 0.15) is 38.5 Å². The smallest absolute Gasteiger partial charge is 0.0872 e. The lowest BCUT2D eigenvalue weighted by molar-refractivity contribution is 0.198. The van der Waals surface area contributed by atoms with Gasteiger partial charge in [0.25, 0.3) is 0 Å². The third-order valence-electron chi connectivity index (χ3n) is 4.72. The molecule has 6 unspecified atom stereocenters. The summed E-state index contributed by atoms with van der Waals surface area (Å²) in [6, 6.07) is 0. The molecule has 2 saturated heterocycles. The number of rotatable bonds is 1. The second-order valence-corrected chi connectivity index (χ2v) is 5.52. The summed E-state index contributed by atoms with van der Waals surface area (Å²) in [5, 5.41) is 0. The first-order chi connectivity index (χ1) is 6.92. The SMILES string of the molecule is C1CC2OC2C(C2CCC3OC3C2)C1. The lowest BCUT2D eigenvalue weighted by atomic mass is 9.73. The Labute approximate surface area is 85.0 Å². The zero-order chi connectivity index (χ0) is 9.12. The van der Waals surface area contributed by atoms with Gasteiger partial charge in [0.05, 0.1) is 24.4 Å². The second kappa shape index (κ2) is 2.73. The standard InChI is InChI=1S/C12H18O2/c1-2-8(12-10(3-1)14-12)7-4-5-9-11(6-7)13-9/h7-12H,1-6H2. The third-order valence-corrected chi connectivity index (χ3v) is 4.72. The van der Waals surface area contributed by atoms with Gasteiger partial charge in [-0.15, -0.1) is 0 Å². The minimum Gasteiger partial charge on any atom is -0.370 e. The fourth-order valence-electron chi connectivity index (χ4n) is 3.81. The maximum Gasteiger partial charge on any atom is 0.0872 e. The molecular weight excluding hydrogens is 176 g/mol. The molecule has 0 aromatic heterocycles. The molecule has 14 heavy (non-hydrogen) atoms. The van der Waals surface area contributed by atoms with Crippen LogP contribution in [0.4, 0.5) is 0 Å². The zero-order valence-electron chi connectivity index (χ0n) is 8.52. The number of fused-ring (bicyclic) bond motifs is 2. The van der Waals surface area contributed by atoms with Crippen molar-refractivity contribution >= 4 is 0 Å². The van der Waals surface area contributed by atoms with Crippen LogP contribution >= 0.6 is 0 Å². The Morgan fingerprint density at radius 2 is 1.79 bits per heavy atom. The van der Waals surface area contributed by atoms with Crippen LogP contribution in [0.3, 0.4) is 0 Å². The summed E-state index contributed by atoms with van der Waals surface area (Å²) in [5.41, 5.74) is 0. The minimum absolute atomic E-state index is 0.646. The number of ether oxygens (including phenoxy) is 2. The van der Waals surface area contributed by atoms with Gasteiger partial charge in [-0.3, -0.25) is 0 Å². The predicted molar refractivity (Wildman–Crippen MR) is 52.0 cm³/mol. The molecule has 0 bridgehead atoms. The highest BCUT2D eigenvalue weighted by Gasteiger charge is 2.53. The van der Waals surface area contributed by atoms with Crippen molar-refractivity contribution in [2.24, 2.45) is 11.8 Å². The summed E-state index contributed by atoms with van der Waals surface area (Å²) < 4.78 is 11.4. The van der Waals surface area contributed by atoms with E-state index in [0.717, 1.165) is 11.8 Å². The van der Waals surface area contributed by atoms with Crippen LogP contribution in [0.2, 0.25) is 0 Å². The third kappa shape index (κ3) is 1.17. The molecule has 4 fully saturated rings. The van der Waals surface area contributed by atoms with Gasteiger partial charge in [0, 0.05) is 0 Å². The van der Waals surface area contributed by atoms with Gasteiger partial charge >= 0.3 is 0 Å². The highest BCUT2D eigenvalue weighted by molar-refractivity contribution is 5.01. The Hall–Kier alpha value is -0.0800. The molecule has 2 aliphatic carbocycles. The van der Waals surface area contributed by atoms with Crippen molar-refractivity contribution in [1.29, 1.82) is 0 Å². The van der Waals surface area contributed by atoms with Crippen molar-refractivity contribution in [3.8, 4) is 0 Å². The highest BCUT2D eigenvalue weighted by Crippen LogP contribution is 2.50. The molecule has 0 aromatic carbocycles. The summed E-state index contributed by atoms with van der Waals surface area (Å²) in [7, 11) is 0. The van der Waals surface area contributed by atoms with E-state index in [4.69, 9.17) is 9.47 Å². The van der Waals surface area contributed by atoms with Crippen LogP contribution < -0.4 is 0 Å². The first kappa shape index (κ1) is 8.12. The van der Waals surface area contributed by atoms with E-state index in [2.05, 4.69) is 0 Å². The van der Waals surface area contributed by atoms with Gasteiger partial charge in [-0.25, -0.2) is 0 Å². The molecule has 2 heterocycles. The van der Waals surface area contributed by atoms with Gasteiger partial charge in [-0.1, -0.05) is 6.42 Å². The van der Waals surface area contributed by atoms with Gasteiger partial charge in [-0.05, 0) is 43.9 Å². The van der Waals surface area contributed by atoms with Crippen molar-refractivity contribution in [3.63, 3.8) is 0 Å². The first-order valence-electron chi connectivity index (χ1n) is 6.23. The molecule has 0 aromatic rings. The summed E-state index contributed by atoms with van der Waals surface area (Å²) >= 11 is 0. The molecule has 6 atom stereocenters. The van der Waals surface area contributed by atoms with Crippen molar-refractivity contribution in [1.82, 2.24) is 0 Å². The average molecular weight is 194 g/mol. The van der Waals surface area contributed by atoms with E-state index < -0.39 is 0 Å². The second-order valence-electron chi connectivity index (χ2n) is 5.52. The fourth-order valence-corrected chi connectivity index (χ4v) is 3.81. The van der Waals surface area contributed by atoms with Crippen LogP contribution in [0.25, 0.3) is 0 Å². The number of hydrogen-bond donors (Lipinski definition) is 0. The van der Waals surface area contributed by atoms with Crippen LogP contribution in [-0.4, -0.2) is 24.4 Å². The van der Waals surface area contributed by atoms with Crippen LogP contribution in [-0.2, 0) is 9.47 Å². The van der Waals surface area contributed by atoms with Gasteiger partial charge in [0.15, 0.2) is 0 Å². The van der Waals surface area contributed by atoms with Gasteiger partial charge in [-0.2, -0.15) is 0 Å². The largest absolute Gasteiger partial charge is 0.370 e. The van der Waals surface area contributed by atoms with Crippen molar-refractivity contribution in [2.75, 3.05) is 0 Å². The van der Waals surface area contributed by atoms with Crippen LogP contribution in [0.5, 0.6) is 0 Å². The normalized spacial score (nSPS) is 60.0. The summed E-state index contributed by atoms with van der Waals surface area (Å²) in [5.74, 6) is 1.81. The molecule has 0 N–H and O–H groups in total. The van der Waals surface area contributed by atoms with E-state index in [1.807, 2.05) is 0 Å². The van der Waals surface area contributed by atoms with Crippen LogP contribution in [0, 0.1) is 11.8 Å². The zero-order valence-corrected chi connectivity index (χ0v) is 8.52. The monoisotopic (exact) mass is 194 g/mol. The molecular formula is C12H18O2. The van der Waals surface area contributed by atoms with E-state index in [1.54, 1.807) is 0 Å². The molecule has 0 amide bonds. The topological polar surface area (TPSA) is 25.1 Å². The molecule has 2 nitrogen and oxygen atoms in total. The Bertz CT molecular complexity index is 253. The molecule has 0 radical (unpaired) electrons. The Morgan fingerprint density at radius 1 is 0.786 bits per heavy atom. The Balaban J connectivity index is 1.46. The van der Waals surface area contributed by atoms with E-state index in [9.17, 15) is 0 Å². The van der Waals surface area contributed by atoms with E-state index in [0.29, 0.717) is 24.4 Å². The van der Waals surface area contributed by atoms with E-state index >= 15 is 0 Å². The van der Waals surface area contributed by atoms with Gasteiger partial charge in [0.1, 0.15) is 0 Å². The molecule has 0 spiro atoms. The number of hydrogen-bond acceptors (Lipinski definition) is 2. The van der Waals surface area contributed by atoms with Gasteiger partial charge < -0.3 is 9.47 Å². The molecule has 4 rings (SSSR count). The lowest BCUT2D eigenvalue weighted by Crippen LogP contribution is -2.28. The molecule has 2 heteroatoms. The summed E-state index contributed by atoms with van der Waals surface area (Å²) in [6.45, 7) is 0. The maximum absolute atomic E-state index is 5.75. The minimum atomic E-state index is 0.646. The highest BCUT2D eigenvalue weighted by atomic mass is 16.6. The van der Waals surface area contributed by atoms with Crippen molar-refractivity contribution in [2.45, 2.75) is 62.9 Å². The van der Waals surface area contributed by atoms with E-state index in [1.165, 1.54) is 38.5 Å². The average Bonchev–Trinajstić information content (AvgIpc) is 3.10. The molecule has 2 aliphatic heterocycles. The van der Waals surface area contributed by atoms with Gasteiger partial charge in [0.2, 0.25) is 0 Å². The number of epoxide rings is 2. The Morgan fingerprint density at radius 3 is 2.71 bits per heavy atom. The predicted octanol–water partition coefficient (Wildman–Crippen LogP) is 2.12. The lowest BCUT2D eigenvalue weighted by Gasteiger charge is -2.29. The van der Waals surface area contributed by atoms with Crippen molar-refractivity contribution in [3.05, 3.63) is 0 Å². The molecule has 78 valence electrons. The van der Waals surface area contributed by atoms with E-state index in [-0.39, 0.29) is 0 Å². The van der Waals surface area contributed by atoms with Crippen LogP contribution in [0.15, 0.2) is 0 Å². The Kier molecular flexibility index (Phi) is 1.58.